The van der Waals surface area contributed by atoms with E-state index in [0.717, 1.165) is 31.0 Å². The molecule has 0 spiro atoms. The van der Waals surface area contributed by atoms with E-state index in [1.807, 2.05) is 13.8 Å². The maximum Gasteiger partial charge on any atom is 0.138 e. The highest BCUT2D eigenvalue weighted by Crippen LogP contribution is 2.25. The molecule has 2 heterocycles. The molecule has 1 saturated heterocycles. The highest BCUT2D eigenvalue weighted by atomic mass is 16.5. The topological polar surface area (TPSA) is 55.3 Å². The van der Waals surface area contributed by atoms with Crippen molar-refractivity contribution in [2.24, 2.45) is 11.7 Å². The van der Waals surface area contributed by atoms with Crippen LogP contribution in [0.25, 0.3) is 0 Å². The molecule has 1 aromatic heterocycles. The minimum Gasteiger partial charge on any atom is -0.361 e. The lowest BCUT2D eigenvalue weighted by Gasteiger charge is -2.41. The fourth-order valence-corrected chi connectivity index (χ4v) is 2.63. The Kier molecular flexibility index (Phi) is 3.54. The van der Waals surface area contributed by atoms with E-state index >= 15 is 0 Å². The molecule has 0 aliphatic carbocycles. The molecule has 1 aliphatic rings. The van der Waals surface area contributed by atoms with Gasteiger partial charge in [-0.15, -0.1) is 0 Å². The van der Waals surface area contributed by atoms with Crippen LogP contribution in [0.2, 0.25) is 0 Å². The number of aromatic nitrogens is 1. The van der Waals surface area contributed by atoms with Crippen LogP contribution in [-0.2, 0) is 6.54 Å². The molecule has 1 aliphatic heterocycles. The van der Waals surface area contributed by atoms with E-state index in [9.17, 15) is 0 Å². The molecule has 0 bridgehead atoms. The molecule has 3 unspecified atom stereocenters. The van der Waals surface area contributed by atoms with Crippen molar-refractivity contribution in [2.45, 2.75) is 52.7 Å². The lowest BCUT2D eigenvalue weighted by atomic mass is 9.87. The molecule has 2 N–H and O–H groups in total. The van der Waals surface area contributed by atoms with Gasteiger partial charge in [0, 0.05) is 30.7 Å². The molecule has 0 aromatic carbocycles. The molecular formula is C13H23N3O. The minimum absolute atomic E-state index is 0.339. The smallest absolute Gasteiger partial charge is 0.138 e. The number of aryl methyl sites for hydroxylation is 2. The van der Waals surface area contributed by atoms with Crippen molar-refractivity contribution >= 4 is 0 Å². The van der Waals surface area contributed by atoms with E-state index in [0.29, 0.717) is 18.0 Å². The van der Waals surface area contributed by atoms with Gasteiger partial charge >= 0.3 is 0 Å². The van der Waals surface area contributed by atoms with Crippen molar-refractivity contribution in [3.8, 4) is 0 Å². The fraction of sp³-hybridized carbons (Fsp3) is 0.769. The third-order valence-electron chi connectivity index (χ3n) is 4.30. The quantitative estimate of drug-likeness (QED) is 0.853. The van der Waals surface area contributed by atoms with Crippen LogP contribution >= 0.6 is 0 Å². The minimum atomic E-state index is 0.339. The van der Waals surface area contributed by atoms with Gasteiger partial charge in [-0.1, -0.05) is 12.1 Å². The summed E-state index contributed by atoms with van der Waals surface area (Å²) in [6.07, 6.45) is 1.08. The number of hydrogen-bond donors (Lipinski definition) is 1. The van der Waals surface area contributed by atoms with Crippen LogP contribution in [0.3, 0.4) is 0 Å². The number of likely N-dealkylation sites (tertiary alicyclic amines) is 1. The summed E-state index contributed by atoms with van der Waals surface area (Å²) in [4.78, 5) is 2.49. The van der Waals surface area contributed by atoms with Gasteiger partial charge in [-0.2, -0.15) is 0 Å². The van der Waals surface area contributed by atoms with Gasteiger partial charge in [0.05, 0.1) is 5.69 Å². The van der Waals surface area contributed by atoms with E-state index in [1.54, 1.807) is 0 Å². The largest absolute Gasteiger partial charge is 0.361 e. The lowest BCUT2D eigenvalue weighted by Crippen LogP contribution is -2.51. The second-order valence-electron chi connectivity index (χ2n) is 5.33. The third-order valence-corrected chi connectivity index (χ3v) is 4.30. The molecule has 3 atom stereocenters. The van der Waals surface area contributed by atoms with Crippen LogP contribution in [-0.4, -0.2) is 28.7 Å². The Labute approximate surface area is 103 Å². The summed E-state index contributed by atoms with van der Waals surface area (Å²) in [7, 11) is 0. The standard InChI is InChI=1S/C13H23N3O/c1-8-10(3)16(6-5-13(8)14)7-12-9(2)15-17-11(12)4/h8,10,13H,5-7,14H2,1-4H3. The van der Waals surface area contributed by atoms with Gasteiger partial charge in [0.2, 0.25) is 0 Å². The predicted octanol–water partition coefficient (Wildman–Crippen LogP) is 1.85. The molecule has 1 aromatic rings. The summed E-state index contributed by atoms with van der Waals surface area (Å²) in [6, 6.07) is 0.860. The summed E-state index contributed by atoms with van der Waals surface area (Å²) in [5, 5.41) is 4.01. The van der Waals surface area contributed by atoms with E-state index in [2.05, 4.69) is 23.9 Å². The van der Waals surface area contributed by atoms with E-state index < -0.39 is 0 Å². The van der Waals surface area contributed by atoms with Crippen molar-refractivity contribution in [1.82, 2.24) is 10.1 Å². The van der Waals surface area contributed by atoms with Crippen molar-refractivity contribution in [3.05, 3.63) is 17.0 Å². The van der Waals surface area contributed by atoms with Gasteiger partial charge in [-0.05, 0) is 33.1 Å². The fourth-order valence-electron chi connectivity index (χ4n) is 2.63. The number of nitrogens with zero attached hydrogens (tertiary/aromatic N) is 2. The predicted molar refractivity (Wildman–Crippen MR) is 67.6 cm³/mol. The van der Waals surface area contributed by atoms with Crippen LogP contribution in [0, 0.1) is 19.8 Å². The van der Waals surface area contributed by atoms with Gasteiger partial charge in [0.25, 0.3) is 0 Å². The van der Waals surface area contributed by atoms with Gasteiger partial charge in [0.1, 0.15) is 5.76 Å². The van der Waals surface area contributed by atoms with E-state index in [1.165, 1.54) is 5.56 Å². The molecule has 0 radical (unpaired) electrons. The van der Waals surface area contributed by atoms with Gasteiger partial charge in [-0.25, -0.2) is 0 Å². The van der Waals surface area contributed by atoms with Crippen molar-refractivity contribution in [3.63, 3.8) is 0 Å². The SMILES string of the molecule is Cc1noc(C)c1CN1CCC(N)C(C)C1C. The molecular weight excluding hydrogens is 214 g/mol. The highest BCUT2D eigenvalue weighted by molar-refractivity contribution is 5.20. The third kappa shape index (κ3) is 2.38. The first-order valence-corrected chi connectivity index (χ1v) is 6.42. The summed E-state index contributed by atoms with van der Waals surface area (Å²) in [5.74, 6) is 1.49. The maximum atomic E-state index is 6.11. The van der Waals surface area contributed by atoms with Crippen LogP contribution in [0.15, 0.2) is 4.52 Å². The average molecular weight is 237 g/mol. The van der Waals surface area contributed by atoms with Crippen LogP contribution in [0.5, 0.6) is 0 Å². The maximum absolute atomic E-state index is 6.11. The summed E-state index contributed by atoms with van der Waals surface area (Å²) in [6.45, 7) is 10.5. The first-order valence-electron chi connectivity index (χ1n) is 6.42. The van der Waals surface area contributed by atoms with Crippen LogP contribution < -0.4 is 5.73 Å². The highest BCUT2D eigenvalue weighted by Gasteiger charge is 2.30. The zero-order valence-corrected chi connectivity index (χ0v) is 11.2. The summed E-state index contributed by atoms with van der Waals surface area (Å²) >= 11 is 0. The Morgan fingerprint density at radius 3 is 2.71 bits per heavy atom. The first-order chi connectivity index (χ1) is 8.00. The monoisotopic (exact) mass is 237 g/mol. The molecule has 1 fully saturated rings. The Hall–Kier alpha value is -0.870. The molecule has 4 heteroatoms. The van der Waals surface area contributed by atoms with Crippen molar-refractivity contribution < 1.29 is 4.52 Å². The van der Waals surface area contributed by atoms with Gasteiger partial charge in [0.15, 0.2) is 0 Å². The zero-order valence-electron chi connectivity index (χ0n) is 11.2. The van der Waals surface area contributed by atoms with Gasteiger partial charge in [-0.3, -0.25) is 4.90 Å². The number of nitrogens with two attached hydrogens (primary N) is 1. The molecule has 17 heavy (non-hydrogen) atoms. The molecule has 0 saturated carbocycles. The molecule has 2 rings (SSSR count). The lowest BCUT2D eigenvalue weighted by molar-refractivity contribution is 0.0904. The Morgan fingerprint density at radius 1 is 1.41 bits per heavy atom. The van der Waals surface area contributed by atoms with E-state index in [4.69, 9.17) is 10.3 Å². The second-order valence-corrected chi connectivity index (χ2v) is 5.33. The van der Waals surface area contributed by atoms with Crippen molar-refractivity contribution in [1.29, 1.82) is 0 Å². The molecule has 0 amide bonds. The number of piperidine rings is 1. The Balaban J connectivity index is 2.09. The zero-order chi connectivity index (χ0) is 12.6. The first kappa shape index (κ1) is 12.6. The summed E-state index contributed by atoms with van der Waals surface area (Å²) in [5.41, 5.74) is 8.35. The van der Waals surface area contributed by atoms with Crippen LogP contribution in [0.1, 0.15) is 37.3 Å². The number of hydrogen-bond acceptors (Lipinski definition) is 4. The normalized spacial score (nSPS) is 30.8. The molecule has 96 valence electrons. The Morgan fingerprint density at radius 2 is 2.12 bits per heavy atom. The second kappa shape index (κ2) is 4.78. The van der Waals surface area contributed by atoms with Crippen LogP contribution in [0.4, 0.5) is 0 Å². The Bertz CT molecular complexity index is 369. The number of rotatable bonds is 2. The van der Waals surface area contributed by atoms with Crippen molar-refractivity contribution in [2.75, 3.05) is 6.54 Å². The molecule has 4 nitrogen and oxygen atoms in total. The van der Waals surface area contributed by atoms with Gasteiger partial charge < -0.3 is 10.3 Å². The summed E-state index contributed by atoms with van der Waals surface area (Å²) < 4.78 is 5.22. The average Bonchev–Trinajstić information content (AvgIpc) is 2.61. The van der Waals surface area contributed by atoms with E-state index in [-0.39, 0.29) is 0 Å².